The van der Waals surface area contributed by atoms with Crippen LogP contribution in [0.15, 0.2) is 0 Å². The summed E-state index contributed by atoms with van der Waals surface area (Å²) < 4.78 is 5.67. The van der Waals surface area contributed by atoms with Crippen LogP contribution in [0.5, 0.6) is 0 Å². The molecule has 1 unspecified atom stereocenters. The quantitative estimate of drug-likeness (QED) is 0.626. The summed E-state index contributed by atoms with van der Waals surface area (Å²) in [6, 6.07) is 0. The van der Waals surface area contributed by atoms with E-state index in [1.807, 2.05) is 14.0 Å². The van der Waals surface area contributed by atoms with Crippen LogP contribution in [0.25, 0.3) is 0 Å². The second-order valence-corrected chi connectivity index (χ2v) is 4.26. The maximum atomic E-state index is 5.67. The third-order valence-corrected chi connectivity index (χ3v) is 3.44. The minimum absolute atomic E-state index is 0. The lowest BCUT2D eigenvalue weighted by Gasteiger charge is -2.28. The van der Waals surface area contributed by atoms with Crippen molar-refractivity contribution in [1.29, 1.82) is 0 Å². The highest BCUT2D eigenvalue weighted by molar-refractivity contribution is 5.22. The van der Waals surface area contributed by atoms with E-state index in [-0.39, 0.29) is 12.8 Å². The topological polar surface area (TPSA) is 9.23 Å². The van der Waals surface area contributed by atoms with Crippen LogP contribution in [-0.4, -0.2) is 13.2 Å². The first kappa shape index (κ1) is 14.5. The fourth-order valence-corrected chi connectivity index (χ4v) is 2.45. The maximum Gasteiger partial charge on any atom is 0.0764 e. The molecule has 15 heavy (non-hydrogen) atoms. The molecule has 0 heterocycles. The Morgan fingerprint density at radius 2 is 1.80 bits per heavy atom. The van der Waals surface area contributed by atoms with Gasteiger partial charge in [0.2, 0.25) is 0 Å². The number of hydrogen-bond acceptors (Lipinski definition) is 1. The predicted molar refractivity (Wildman–Crippen MR) is 66.7 cm³/mol. The normalized spacial score (nSPS) is 18.7. The summed E-state index contributed by atoms with van der Waals surface area (Å²) in [5.41, 5.74) is 0.209. The summed E-state index contributed by atoms with van der Waals surface area (Å²) in [6.07, 6.45) is 5.20. The molecule has 0 saturated heterocycles. The molecule has 1 aliphatic carbocycles. The van der Waals surface area contributed by atoms with Crippen molar-refractivity contribution in [1.82, 2.24) is 0 Å². The van der Waals surface area contributed by atoms with Crippen molar-refractivity contribution in [3.63, 3.8) is 0 Å². The zero-order valence-corrected chi connectivity index (χ0v) is 9.89. The minimum atomic E-state index is 0. The van der Waals surface area contributed by atoms with Gasteiger partial charge in [-0.15, -0.1) is 5.92 Å². The molecule has 1 heteroatoms. The first-order valence-corrected chi connectivity index (χ1v) is 5.70. The van der Waals surface area contributed by atoms with Crippen molar-refractivity contribution in [2.75, 3.05) is 7.11 Å². The van der Waals surface area contributed by atoms with Gasteiger partial charge in [0.15, 0.2) is 0 Å². The number of rotatable bonds is 5. The average Bonchev–Trinajstić information content (AvgIpc) is 2.95. The molecule has 0 amide bonds. The van der Waals surface area contributed by atoms with Crippen LogP contribution >= 0.6 is 0 Å². The molecule has 1 fully saturated rings. The molecule has 0 aromatic rings. The van der Waals surface area contributed by atoms with E-state index in [0.717, 1.165) is 0 Å². The van der Waals surface area contributed by atoms with Crippen molar-refractivity contribution >= 4 is 0 Å². The summed E-state index contributed by atoms with van der Waals surface area (Å²) in [5.74, 6) is 7.09. The van der Waals surface area contributed by atoms with Gasteiger partial charge in [-0.1, -0.05) is 40.0 Å². The summed E-state index contributed by atoms with van der Waals surface area (Å²) >= 11 is 0. The van der Waals surface area contributed by atoms with Crippen molar-refractivity contribution in [3.8, 4) is 11.8 Å². The Hall–Kier alpha value is -0.480. The van der Waals surface area contributed by atoms with E-state index in [0.29, 0.717) is 12.0 Å². The second kappa shape index (κ2) is 6.18. The number of ether oxygens (including phenoxy) is 1. The van der Waals surface area contributed by atoms with E-state index in [1.54, 1.807) is 0 Å². The van der Waals surface area contributed by atoms with Gasteiger partial charge in [-0.05, 0) is 25.7 Å². The van der Waals surface area contributed by atoms with Crippen LogP contribution in [0.2, 0.25) is 0 Å². The van der Waals surface area contributed by atoms with Crippen LogP contribution in [0, 0.1) is 23.2 Å². The van der Waals surface area contributed by atoms with Gasteiger partial charge in [0.25, 0.3) is 0 Å². The predicted octanol–water partition coefficient (Wildman–Crippen LogP) is 3.88. The van der Waals surface area contributed by atoms with Gasteiger partial charge >= 0.3 is 0 Å². The first-order chi connectivity index (χ1) is 6.74. The van der Waals surface area contributed by atoms with Crippen LogP contribution < -0.4 is 0 Å². The van der Waals surface area contributed by atoms with Crippen molar-refractivity contribution in [2.24, 2.45) is 11.3 Å². The van der Waals surface area contributed by atoms with Crippen LogP contribution in [-0.2, 0) is 4.74 Å². The molecule has 1 atom stereocenters. The monoisotopic (exact) mass is 210 g/mol. The maximum absolute atomic E-state index is 5.67. The molecule has 0 bridgehead atoms. The largest absolute Gasteiger partial charge is 0.380 e. The Balaban J connectivity index is 0.00000196. The Labute approximate surface area is 95.6 Å². The van der Waals surface area contributed by atoms with Crippen molar-refractivity contribution in [3.05, 3.63) is 0 Å². The van der Waals surface area contributed by atoms with Crippen molar-refractivity contribution in [2.45, 2.75) is 60.0 Å². The molecule has 0 radical (unpaired) electrons. The standard InChI is InChI=1S/C13H22O.CH4/c1-5-8-13(9-10-13)12(14-4)11(6-2)7-3;/h11-12H,6-7,9-10H2,1-4H3;1H4. The summed E-state index contributed by atoms with van der Waals surface area (Å²) in [6.45, 7) is 6.42. The van der Waals surface area contributed by atoms with Crippen LogP contribution in [0.1, 0.15) is 53.9 Å². The zero-order chi connectivity index (χ0) is 10.6. The Kier molecular flexibility index (Phi) is 5.98. The first-order valence-electron chi connectivity index (χ1n) is 5.70. The van der Waals surface area contributed by atoms with Gasteiger partial charge in [0.05, 0.1) is 11.5 Å². The smallest absolute Gasteiger partial charge is 0.0764 e. The molecular formula is C14H26O. The third-order valence-electron chi connectivity index (χ3n) is 3.44. The van der Waals surface area contributed by atoms with Gasteiger partial charge in [-0.2, -0.15) is 0 Å². The highest BCUT2D eigenvalue weighted by Gasteiger charge is 2.50. The van der Waals surface area contributed by atoms with Gasteiger partial charge < -0.3 is 4.74 Å². The number of methoxy groups -OCH3 is 1. The molecule has 0 aliphatic heterocycles. The molecule has 0 N–H and O–H groups in total. The lowest BCUT2D eigenvalue weighted by molar-refractivity contribution is 0.0112. The number of hydrogen-bond donors (Lipinski definition) is 0. The highest BCUT2D eigenvalue weighted by atomic mass is 16.5. The Bertz CT molecular complexity index is 225. The highest BCUT2D eigenvalue weighted by Crippen LogP contribution is 2.52. The lowest BCUT2D eigenvalue weighted by Crippen LogP contribution is -2.31. The Morgan fingerprint density at radius 3 is 2.07 bits per heavy atom. The Morgan fingerprint density at radius 1 is 1.27 bits per heavy atom. The molecule has 1 nitrogen and oxygen atoms in total. The van der Waals surface area contributed by atoms with E-state index in [2.05, 4.69) is 25.7 Å². The third kappa shape index (κ3) is 2.98. The van der Waals surface area contributed by atoms with E-state index in [9.17, 15) is 0 Å². The molecular weight excluding hydrogens is 184 g/mol. The summed E-state index contributed by atoms with van der Waals surface area (Å²) in [4.78, 5) is 0. The molecule has 1 aliphatic rings. The average molecular weight is 210 g/mol. The van der Waals surface area contributed by atoms with E-state index >= 15 is 0 Å². The minimum Gasteiger partial charge on any atom is -0.380 e. The molecule has 1 saturated carbocycles. The van der Waals surface area contributed by atoms with Gasteiger partial charge in [-0.25, -0.2) is 0 Å². The van der Waals surface area contributed by atoms with Gasteiger partial charge in [0, 0.05) is 7.11 Å². The SMILES string of the molecule is C.CC#CC1(C(OC)C(CC)CC)CC1. The summed E-state index contributed by atoms with van der Waals surface area (Å²) in [5, 5.41) is 0. The fraction of sp³-hybridized carbons (Fsp3) is 0.857. The molecule has 0 spiro atoms. The molecule has 88 valence electrons. The summed E-state index contributed by atoms with van der Waals surface area (Å²) in [7, 11) is 1.83. The molecule has 0 aromatic heterocycles. The van der Waals surface area contributed by atoms with E-state index in [4.69, 9.17) is 4.74 Å². The fourth-order valence-electron chi connectivity index (χ4n) is 2.45. The van der Waals surface area contributed by atoms with Gasteiger partial charge in [-0.3, -0.25) is 0 Å². The van der Waals surface area contributed by atoms with Gasteiger partial charge in [0.1, 0.15) is 0 Å². The molecule has 1 rings (SSSR count). The molecule has 0 aromatic carbocycles. The van der Waals surface area contributed by atoms with E-state index < -0.39 is 0 Å². The second-order valence-electron chi connectivity index (χ2n) is 4.26. The van der Waals surface area contributed by atoms with Crippen LogP contribution in [0.3, 0.4) is 0 Å². The van der Waals surface area contributed by atoms with Crippen LogP contribution in [0.4, 0.5) is 0 Å². The van der Waals surface area contributed by atoms with Crippen molar-refractivity contribution < 1.29 is 4.74 Å². The lowest BCUT2D eigenvalue weighted by atomic mass is 9.85. The zero-order valence-electron chi connectivity index (χ0n) is 9.89. The van der Waals surface area contributed by atoms with E-state index in [1.165, 1.54) is 25.7 Å².